The van der Waals surface area contributed by atoms with Crippen molar-refractivity contribution in [2.24, 2.45) is 0 Å². The molecule has 0 atom stereocenters. The summed E-state index contributed by atoms with van der Waals surface area (Å²) in [6.45, 7) is 4.08. The third-order valence-electron chi connectivity index (χ3n) is 4.78. The second-order valence-corrected chi connectivity index (χ2v) is 8.39. The largest absolute Gasteiger partial charge is 0.463 e. The summed E-state index contributed by atoms with van der Waals surface area (Å²) in [5.41, 5.74) is 1.34. The Labute approximate surface area is 183 Å². The predicted octanol–water partition coefficient (Wildman–Crippen LogP) is 4.15. The van der Waals surface area contributed by atoms with Crippen molar-refractivity contribution in [3.63, 3.8) is 0 Å². The molecule has 0 saturated heterocycles. The summed E-state index contributed by atoms with van der Waals surface area (Å²) in [7, 11) is 1.68. The van der Waals surface area contributed by atoms with E-state index in [4.69, 9.17) is 9.15 Å². The quantitative estimate of drug-likeness (QED) is 0.403. The van der Waals surface area contributed by atoms with Crippen molar-refractivity contribution >= 4 is 34.2 Å². The van der Waals surface area contributed by atoms with E-state index in [2.05, 4.69) is 10.1 Å². The summed E-state index contributed by atoms with van der Waals surface area (Å²) in [5.74, 6) is -0.364. The maximum Gasteiger partial charge on any atom is 0.339 e. The lowest BCUT2D eigenvalue weighted by atomic mass is 10.1. The van der Waals surface area contributed by atoms with Crippen molar-refractivity contribution < 1.29 is 18.7 Å². The minimum absolute atomic E-state index is 0.0493. The summed E-state index contributed by atoms with van der Waals surface area (Å²) in [6.07, 6.45) is 3.14. The second-order valence-electron chi connectivity index (χ2n) is 7.36. The molecule has 8 nitrogen and oxygen atoms in total. The number of nitrogens with zero attached hydrogens (tertiary/aromatic N) is 4. The van der Waals surface area contributed by atoms with Crippen molar-refractivity contribution in [3.8, 4) is 11.5 Å². The number of likely N-dealkylation sites (N-methyl/N-ethyl adjacent to an activating group) is 1. The third-order valence-corrected chi connectivity index (χ3v) is 5.64. The number of ether oxygens (including phenoxy) is 1. The van der Waals surface area contributed by atoms with Gasteiger partial charge in [-0.25, -0.2) is 14.5 Å². The third kappa shape index (κ3) is 4.36. The molecule has 0 bridgehead atoms. The number of amides is 1. The van der Waals surface area contributed by atoms with E-state index in [1.54, 1.807) is 53.7 Å². The molecule has 0 spiro atoms. The molecular weight excluding hydrogens is 416 g/mol. The fraction of sp³-hybridized carbons (Fsp3) is 0.273. The number of furan rings is 1. The zero-order valence-electron chi connectivity index (χ0n) is 17.4. The Kier molecular flexibility index (Phi) is 5.85. The number of rotatable bonds is 7. The molecule has 160 valence electrons. The van der Waals surface area contributed by atoms with E-state index in [0.29, 0.717) is 29.0 Å². The molecule has 0 aliphatic heterocycles. The van der Waals surface area contributed by atoms with Crippen molar-refractivity contribution in [1.82, 2.24) is 19.7 Å². The van der Waals surface area contributed by atoms with Gasteiger partial charge in [-0.2, -0.15) is 5.10 Å². The van der Waals surface area contributed by atoms with Crippen LogP contribution in [0.2, 0.25) is 0 Å². The van der Waals surface area contributed by atoms with Crippen LogP contribution in [0.25, 0.3) is 22.5 Å². The minimum atomic E-state index is -0.610. The molecule has 4 heterocycles. The standard InChI is InChI=1S/C22H22N4O4S/c1-14(2)26-21-17(11-23-26)16(10-18(24-21)19-7-4-8-29-19)22(28)30-13-20(27)25(3)12-15-6-5-9-31-15/h4-11,14H,12-13H2,1-3H3. The van der Waals surface area contributed by atoms with E-state index in [1.807, 2.05) is 31.4 Å². The van der Waals surface area contributed by atoms with E-state index >= 15 is 0 Å². The highest BCUT2D eigenvalue weighted by molar-refractivity contribution is 7.09. The summed E-state index contributed by atoms with van der Waals surface area (Å²) in [5, 5.41) is 6.89. The molecule has 0 aromatic carbocycles. The Morgan fingerprint density at radius 1 is 1.29 bits per heavy atom. The molecule has 31 heavy (non-hydrogen) atoms. The van der Waals surface area contributed by atoms with Gasteiger partial charge in [0.1, 0.15) is 5.69 Å². The van der Waals surface area contributed by atoms with Gasteiger partial charge in [0.15, 0.2) is 18.0 Å². The van der Waals surface area contributed by atoms with Gasteiger partial charge in [0, 0.05) is 18.0 Å². The van der Waals surface area contributed by atoms with Crippen molar-refractivity contribution in [1.29, 1.82) is 0 Å². The first-order valence-corrected chi connectivity index (χ1v) is 10.7. The minimum Gasteiger partial charge on any atom is -0.463 e. The lowest BCUT2D eigenvalue weighted by Gasteiger charge is -2.16. The Balaban J connectivity index is 1.57. The summed E-state index contributed by atoms with van der Waals surface area (Å²) in [6, 6.07) is 9.06. The number of thiophene rings is 1. The Hall–Kier alpha value is -3.46. The molecule has 9 heteroatoms. The highest BCUT2D eigenvalue weighted by Gasteiger charge is 2.21. The lowest BCUT2D eigenvalue weighted by Crippen LogP contribution is -2.30. The first kappa shape index (κ1) is 20.8. The fourth-order valence-corrected chi connectivity index (χ4v) is 3.91. The average molecular weight is 439 g/mol. The smallest absolute Gasteiger partial charge is 0.339 e. The van der Waals surface area contributed by atoms with Crippen LogP contribution in [0.3, 0.4) is 0 Å². The summed E-state index contributed by atoms with van der Waals surface area (Å²) in [4.78, 5) is 32.6. The van der Waals surface area contributed by atoms with Crippen LogP contribution in [-0.4, -0.2) is 45.2 Å². The second kappa shape index (κ2) is 8.73. The number of carbonyl (C=O) groups is 2. The van der Waals surface area contributed by atoms with Crippen LogP contribution < -0.4 is 0 Å². The normalized spacial score (nSPS) is 11.2. The molecule has 0 radical (unpaired) electrons. The van der Waals surface area contributed by atoms with Crippen molar-refractivity contribution in [3.05, 3.63) is 58.6 Å². The van der Waals surface area contributed by atoms with Crippen molar-refractivity contribution in [2.75, 3.05) is 13.7 Å². The van der Waals surface area contributed by atoms with E-state index in [1.165, 1.54) is 4.90 Å². The van der Waals surface area contributed by atoms with Crippen LogP contribution in [0.5, 0.6) is 0 Å². The molecule has 4 rings (SSSR count). The van der Waals surface area contributed by atoms with E-state index in [9.17, 15) is 9.59 Å². The average Bonchev–Trinajstić information content (AvgIpc) is 3.52. The van der Waals surface area contributed by atoms with E-state index in [0.717, 1.165) is 4.88 Å². The van der Waals surface area contributed by atoms with Gasteiger partial charge in [-0.1, -0.05) is 6.07 Å². The van der Waals surface area contributed by atoms with Crippen LogP contribution in [0, 0.1) is 0 Å². The maximum absolute atomic E-state index is 12.9. The molecular formula is C22H22N4O4S. The molecule has 4 aromatic heterocycles. The van der Waals surface area contributed by atoms with Gasteiger partial charge in [-0.15, -0.1) is 11.3 Å². The monoisotopic (exact) mass is 438 g/mol. The van der Waals surface area contributed by atoms with Gasteiger partial charge in [0.05, 0.1) is 30.0 Å². The van der Waals surface area contributed by atoms with Crippen molar-refractivity contribution in [2.45, 2.75) is 26.4 Å². The van der Waals surface area contributed by atoms with E-state index < -0.39 is 5.97 Å². The highest BCUT2D eigenvalue weighted by atomic mass is 32.1. The number of pyridine rings is 1. The molecule has 0 aliphatic carbocycles. The molecule has 0 fully saturated rings. The van der Waals surface area contributed by atoms with Crippen LogP contribution in [0.1, 0.15) is 35.1 Å². The Bertz CT molecular complexity index is 1200. The van der Waals surface area contributed by atoms with Crippen LogP contribution in [0.15, 0.2) is 52.6 Å². The molecule has 0 unspecified atom stereocenters. The number of esters is 1. The number of carbonyl (C=O) groups excluding carboxylic acids is 2. The molecule has 1 amide bonds. The number of aromatic nitrogens is 3. The van der Waals surface area contributed by atoms with Crippen LogP contribution in [-0.2, 0) is 16.1 Å². The van der Waals surface area contributed by atoms with Gasteiger partial charge in [0.2, 0.25) is 0 Å². The maximum atomic E-state index is 12.9. The molecule has 0 aliphatic rings. The van der Waals surface area contributed by atoms with Crippen LogP contribution in [0.4, 0.5) is 0 Å². The van der Waals surface area contributed by atoms with Gasteiger partial charge in [-0.05, 0) is 43.5 Å². The lowest BCUT2D eigenvalue weighted by molar-refractivity contribution is -0.133. The summed E-state index contributed by atoms with van der Waals surface area (Å²) >= 11 is 1.57. The number of fused-ring (bicyclic) bond motifs is 1. The van der Waals surface area contributed by atoms with Gasteiger partial charge >= 0.3 is 5.97 Å². The Morgan fingerprint density at radius 3 is 2.81 bits per heavy atom. The van der Waals surface area contributed by atoms with Gasteiger partial charge < -0.3 is 14.1 Å². The molecule has 4 aromatic rings. The molecule has 0 N–H and O–H groups in total. The van der Waals surface area contributed by atoms with Gasteiger partial charge in [0.25, 0.3) is 5.91 Å². The fourth-order valence-electron chi connectivity index (χ4n) is 3.16. The van der Waals surface area contributed by atoms with E-state index in [-0.39, 0.29) is 24.1 Å². The first-order valence-electron chi connectivity index (χ1n) is 9.79. The Morgan fingerprint density at radius 2 is 2.13 bits per heavy atom. The zero-order chi connectivity index (χ0) is 22.0. The van der Waals surface area contributed by atoms with Gasteiger partial charge in [-0.3, -0.25) is 4.79 Å². The predicted molar refractivity (Wildman–Crippen MR) is 117 cm³/mol. The molecule has 0 saturated carbocycles. The SMILES string of the molecule is CC(C)n1ncc2c(C(=O)OCC(=O)N(C)Cc3cccs3)cc(-c3ccco3)nc21. The van der Waals surface area contributed by atoms with Crippen LogP contribution >= 0.6 is 11.3 Å². The topological polar surface area (TPSA) is 90.5 Å². The highest BCUT2D eigenvalue weighted by Crippen LogP contribution is 2.27. The first-order chi connectivity index (χ1) is 14.9. The zero-order valence-corrected chi connectivity index (χ0v) is 18.3. The number of hydrogen-bond acceptors (Lipinski definition) is 7. The summed E-state index contributed by atoms with van der Waals surface area (Å²) < 4.78 is 12.5. The number of hydrogen-bond donors (Lipinski definition) is 0.